The Morgan fingerprint density at radius 1 is 1.69 bits per heavy atom. The predicted octanol–water partition coefficient (Wildman–Crippen LogP) is 1.38. The molecule has 1 atom stereocenters. The summed E-state index contributed by atoms with van der Waals surface area (Å²) in [4.78, 5) is 20.3. The van der Waals surface area contributed by atoms with Crippen molar-refractivity contribution in [3.63, 3.8) is 0 Å². The predicted molar refractivity (Wildman–Crippen MR) is 58.1 cm³/mol. The van der Waals surface area contributed by atoms with Crippen LogP contribution < -0.4 is 0 Å². The number of hydrogen-bond donors (Lipinski definition) is 1. The van der Waals surface area contributed by atoms with Crippen LogP contribution in [0.1, 0.15) is 26.2 Å². The maximum atomic E-state index is 11.1. The first-order valence-electron chi connectivity index (χ1n) is 5.25. The number of hydrogen-bond acceptors (Lipinski definition) is 4. The maximum Gasteiger partial charge on any atom is 0.335 e. The van der Waals surface area contributed by atoms with Crippen LogP contribution >= 0.6 is 0 Å². The molecular formula is C11H18O5. The van der Waals surface area contributed by atoms with Gasteiger partial charge in [-0.1, -0.05) is 6.58 Å². The summed E-state index contributed by atoms with van der Waals surface area (Å²) in [5.74, 6) is -1.17. The van der Waals surface area contributed by atoms with Gasteiger partial charge in [0.05, 0.1) is 6.61 Å². The van der Waals surface area contributed by atoms with Crippen LogP contribution in [0.3, 0.4) is 0 Å². The van der Waals surface area contributed by atoms with E-state index in [-0.39, 0.29) is 12.1 Å². The number of esters is 1. The molecule has 1 unspecified atom stereocenters. The molecule has 0 saturated carbocycles. The Bertz CT molecular complexity index is 237. The standard InChI is InChI=1S/C8H14O3.C3H4O2/c1-2-10-7-5-3-4-6-11-8(7)9;1-2-3(4)5/h7H,2-6H2,1H3;2H,1H2,(H,4,5). The lowest BCUT2D eigenvalue weighted by Gasteiger charge is -2.10. The first-order valence-corrected chi connectivity index (χ1v) is 5.25. The lowest BCUT2D eigenvalue weighted by molar-refractivity contribution is -0.155. The largest absolute Gasteiger partial charge is 0.478 e. The topological polar surface area (TPSA) is 72.8 Å². The highest BCUT2D eigenvalue weighted by atomic mass is 16.6. The number of rotatable bonds is 3. The zero-order chi connectivity index (χ0) is 12.4. The average Bonchev–Trinajstić information content (AvgIpc) is 2.46. The minimum Gasteiger partial charge on any atom is -0.478 e. The minimum atomic E-state index is -0.981. The van der Waals surface area contributed by atoms with E-state index in [2.05, 4.69) is 6.58 Å². The summed E-state index contributed by atoms with van der Waals surface area (Å²) in [6, 6.07) is 0. The molecule has 0 aromatic heterocycles. The quantitative estimate of drug-likeness (QED) is 0.585. The fraction of sp³-hybridized carbons (Fsp3) is 0.636. The second-order valence-corrected chi connectivity index (χ2v) is 3.15. The van der Waals surface area contributed by atoms with Crippen LogP contribution in [0.5, 0.6) is 0 Å². The van der Waals surface area contributed by atoms with E-state index >= 15 is 0 Å². The summed E-state index contributed by atoms with van der Waals surface area (Å²) in [7, 11) is 0. The van der Waals surface area contributed by atoms with E-state index in [4.69, 9.17) is 14.6 Å². The second-order valence-electron chi connectivity index (χ2n) is 3.15. The first-order chi connectivity index (χ1) is 7.61. The van der Waals surface area contributed by atoms with E-state index in [1.54, 1.807) is 0 Å². The summed E-state index contributed by atoms with van der Waals surface area (Å²) in [6.45, 7) is 5.99. The Kier molecular flexibility index (Phi) is 8.15. The summed E-state index contributed by atoms with van der Waals surface area (Å²) in [5.41, 5.74) is 0. The highest BCUT2D eigenvalue weighted by molar-refractivity contribution is 5.78. The third-order valence-electron chi connectivity index (χ3n) is 1.91. The van der Waals surface area contributed by atoms with Crippen molar-refractivity contribution in [2.24, 2.45) is 0 Å². The van der Waals surface area contributed by atoms with Crippen LogP contribution in [0.4, 0.5) is 0 Å². The van der Waals surface area contributed by atoms with Crippen molar-refractivity contribution in [1.82, 2.24) is 0 Å². The average molecular weight is 230 g/mol. The molecule has 0 radical (unpaired) electrons. The molecule has 0 aliphatic carbocycles. The molecule has 1 fully saturated rings. The molecule has 1 heterocycles. The lowest BCUT2D eigenvalue weighted by Crippen LogP contribution is -2.24. The monoisotopic (exact) mass is 230 g/mol. The van der Waals surface area contributed by atoms with Crippen LogP contribution in [0.25, 0.3) is 0 Å². The Morgan fingerprint density at radius 3 is 2.81 bits per heavy atom. The Morgan fingerprint density at radius 2 is 2.31 bits per heavy atom. The molecule has 5 heteroatoms. The second kappa shape index (κ2) is 8.91. The van der Waals surface area contributed by atoms with Gasteiger partial charge < -0.3 is 14.6 Å². The number of carbonyl (C=O) groups excluding carboxylic acids is 1. The van der Waals surface area contributed by atoms with Crippen molar-refractivity contribution in [3.05, 3.63) is 12.7 Å². The summed E-state index contributed by atoms with van der Waals surface area (Å²) in [6.07, 6.45) is 3.33. The molecule has 92 valence electrons. The van der Waals surface area contributed by atoms with E-state index in [1.165, 1.54) is 0 Å². The molecule has 0 aromatic rings. The van der Waals surface area contributed by atoms with Gasteiger partial charge in [-0.3, -0.25) is 0 Å². The summed E-state index contributed by atoms with van der Waals surface area (Å²) >= 11 is 0. The molecule has 1 saturated heterocycles. The van der Waals surface area contributed by atoms with Crippen LogP contribution in [-0.4, -0.2) is 36.4 Å². The Hall–Kier alpha value is -1.36. The third kappa shape index (κ3) is 7.00. The van der Waals surface area contributed by atoms with Gasteiger partial charge in [0, 0.05) is 12.7 Å². The molecule has 5 nitrogen and oxygen atoms in total. The van der Waals surface area contributed by atoms with Crippen LogP contribution in [0, 0.1) is 0 Å². The number of carboxylic acids is 1. The van der Waals surface area contributed by atoms with E-state index in [0.29, 0.717) is 13.2 Å². The lowest BCUT2D eigenvalue weighted by atomic mass is 10.2. The maximum absolute atomic E-state index is 11.1. The van der Waals surface area contributed by atoms with Crippen LogP contribution in [0.2, 0.25) is 0 Å². The minimum absolute atomic E-state index is 0.190. The van der Waals surface area contributed by atoms with Crippen molar-refractivity contribution >= 4 is 11.9 Å². The summed E-state index contributed by atoms with van der Waals surface area (Å²) < 4.78 is 10.1. The highest BCUT2D eigenvalue weighted by Crippen LogP contribution is 2.11. The first kappa shape index (κ1) is 14.6. The molecule has 0 aromatic carbocycles. The number of carbonyl (C=O) groups is 2. The van der Waals surface area contributed by atoms with Crippen molar-refractivity contribution in [3.8, 4) is 0 Å². The molecule has 16 heavy (non-hydrogen) atoms. The van der Waals surface area contributed by atoms with Gasteiger partial charge in [-0.2, -0.15) is 0 Å². The molecule has 0 amide bonds. The number of carboxylic acid groups (broad SMARTS) is 1. The number of aliphatic carboxylic acids is 1. The van der Waals surface area contributed by atoms with Gasteiger partial charge in [0.2, 0.25) is 0 Å². The van der Waals surface area contributed by atoms with Gasteiger partial charge in [-0.05, 0) is 26.2 Å². The number of cyclic esters (lactones) is 1. The Labute approximate surface area is 95.0 Å². The normalized spacial score (nSPS) is 19.8. The van der Waals surface area contributed by atoms with E-state index in [1.807, 2.05) is 6.92 Å². The van der Waals surface area contributed by atoms with Gasteiger partial charge in [-0.25, -0.2) is 9.59 Å². The van der Waals surface area contributed by atoms with Gasteiger partial charge >= 0.3 is 11.9 Å². The molecule has 1 rings (SSSR count). The highest BCUT2D eigenvalue weighted by Gasteiger charge is 2.21. The Balaban J connectivity index is 0.000000385. The van der Waals surface area contributed by atoms with E-state index < -0.39 is 5.97 Å². The fourth-order valence-corrected chi connectivity index (χ4v) is 1.17. The van der Waals surface area contributed by atoms with Crippen molar-refractivity contribution in [1.29, 1.82) is 0 Å². The van der Waals surface area contributed by atoms with Crippen molar-refractivity contribution in [2.45, 2.75) is 32.3 Å². The van der Waals surface area contributed by atoms with Gasteiger partial charge in [0.15, 0.2) is 6.10 Å². The van der Waals surface area contributed by atoms with E-state index in [0.717, 1.165) is 25.3 Å². The van der Waals surface area contributed by atoms with Crippen molar-refractivity contribution in [2.75, 3.05) is 13.2 Å². The molecule has 1 aliphatic heterocycles. The molecule has 0 spiro atoms. The molecule has 1 aliphatic rings. The molecular weight excluding hydrogens is 212 g/mol. The molecule has 1 N–H and O–H groups in total. The smallest absolute Gasteiger partial charge is 0.335 e. The van der Waals surface area contributed by atoms with Gasteiger partial charge in [-0.15, -0.1) is 0 Å². The van der Waals surface area contributed by atoms with Crippen LogP contribution in [-0.2, 0) is 19.1 Å². The zero-order valence-corrected chi connectivity index (χ0v) is 9.48. The van der Waals surface area contributed by atoms with E-state index in [9.17, 15) is 9.59 Å². The van der Waals surface area contributed by atoms with Crippen LogP contribution in [0.15, 0.2) is 12.7 Å². The summed E-state index contributed by atoms with van der Waals surface area (Å²) in [5, 5.41) is 7.60. The third-order valence-corrected chi connectivity index (χ3v) is 1.91. The SMILES string of the molecule is C=CC(=O)O.CCOC1CCCCOC1=O. The zero-order valence-electron chi connectivity index (χ0n) is 9.48. The number of ether oxygens (including phenoxy) is 2. The fourth-order valence-electron chi connectivity index (χ4n) is 1.17. The van der Waals surface area contributed by atoms with Crippen molar-refractivity contribution < 1.29 is 24.2 Å². The van der Waals surface area contributed by atoms with Gasteiger partial charge in [0.25, 0.3) is 0 Å². The molecule has 0 bridgehead atoms. The van der Waals surface area contributed by atoms with Gasteiger partial charge in [0.1, 0.15) is 0 Å².